The highest BCUT2D eigenvalue weighted by Gasteiger charge is 2.13. The summed E-state index contributed by atoms with van der Waals surface area (Å²) in [6, 6.07) is 11.7. The van der Waals surface area contributed by atoms with E-state index in [1.54, 1.807) is 7.11 Å². The summed E-state index contributed by atoms with van der Waals surface area (Å²) in [5.41, 5.74) is 7.34. The Kier molecular flexibility index (Phi) is 7.74. The lowest BCUT2D eigenvalue weighted by Gasteiger charge is -2.15. The molecule has 0 aromatic heterocycles. The van der Waals surface area contributed by atoms with Crippen LogP contribution in [0, 0.1) is 0 Å². The van der Waals surface area contributed by atoms with Crippen molar-refractivity contribution in [2.75, 3.05) is 20.3 Å². The van der Waals surface area contributed by atoms with E-state index in [9.17, 15) is 4.79 Å². The molecule has 7 heteroatoms. The Labute approximate surface area is 161 Å². The van der Waals surface area contributed by atoms with Crippen molar-refractivity contribution in [2.24, 2.45) is 5.73 Å². The molecular formula is C19H23BrN2O4. The Bertz CT molecular complexity index is 735. The zero-order chi connectivity index (χ0) is 18.9. The van der Waals surface area contributed by atoms with E-state index in [-0.39, 0.29) is 6.61 Å². The Morgan fingerprint density at radius 2 is 1.81 bits per heavy atom. The van der Waals surface area contributed by atoms with Crippen LogP contribution in [0.2, 0.25) is 0 Å². The van der Waals surface area contributed by atoms with Crippen LogP contribution in [0.4, 0.5) is 0 Å². The number of carbonyl (C=O) groups excluding carboxylic acids is 1. The lowest BCUT2D eigenvalue weighted by molar-refractivity contribution is -0.119. The van der Waals surface area contributed by atoms with E-state index in [2.05, 4.69) is 21.2 Å². The number of carbonyl (C=O) groups is 1. The molecule has 1 amide bonds. The molecule has 0 saturated carbocycles. The van der Waals surface area contributed by atoms with Gasteiger partial charge in [0.05, 0.1) is 18.2 Å². The first kappa shape index (κ1) is 20.1. The van der Waals surface area contributed by atoms with Gasteiger partial charge in [0.25, 0.3) is 5.91 Å². The third-order valence-electron chi connectivity index (χ3n) is 3.55. The second-order valence-corrected chi connectivity index (χ2v) is 6.40. The number of amides is 1. The molecule has 0 aliphatic carbocycles. The van der Waals surface area contributed by atoms with Gasteiger partial charge < -0.3 is 25.3 Å². The van der Waals surface area contributed by atoms with Gasteiger partial charge in [-0.25, -0.2) is 0 Å². The number of hydrogen-bond acceptors (Lipinski definition) is 5. The fourth-order valence-corrected chi connectivity index (χ4v) is 2.97. The smallest absolute Gasteiger partial charge is 0.255 e. The van der Waals surface area contributed by atoms with Crippen molar-refractivity contribution in [3.63, 3.8) is 0 Å². The van der Waals surface area contributed by atoms with Gasteiger partial charge in [-0.2, -0.15) is 0 Å². The van der Waals surface area contributed by atoms with Crippen molar-refractivity contribution in [1.82, 2.24) is 5.32 Å². The van der Waals surface area contributed by atoms with Gasteiger partial charge in [-0.1, -0.05) is 12.1 Å². The molecule has 6 nitrogen and oxygen atoms in total. The van der Waals surface area contributed by atoms with E-state index < -0.39 is 5.91 Å². The second kappa shape index (κ2) is 10.0. The maximum atomic E-state index is 11.0. The van der Waals surface area contributed by atoms with Gasteiger partial charge in [0.15, 0.2) is 18.1 Å². The summed E-state index contributed by atoms with van der Waals surface area (Å²) in [6.45, 7) is 3.56. The molecule has 0 radical (unpaired) electrons. The van der Waals surface area contributed by atoms with E-state index in [0.717, 1.165) is 23.4 Å². The lowest BCUT2D eigenvalue weighted by Crippen LogP contribution is -2.20. The molecule has 0 unspecified atom stereocenters. The van der Waals surface area contributed by atoms with Crippen LogP contribution in [0.3, 0.4) is 0 Å². The van der Waals surface area contributed by atoms with E-state index in [4.69, 9.17) is 19.9 Å². The van der Waals surface area contributed by atoms with Gasteiger partial charge in [0.2, 0.25) is 0 Å². The maximum absolute atomic E-state index is 11.0. The van der Waals surface area contributed by atoms with Gasteiger partial charge in [-0.3, -0.25) is 4.79 Å². The highest BCUT2D eigenvalue weighted by atomic mass is 79.9. The lowest BCUT2D eigenvalue weighted by atomic mass is 10.1. The molecule has 3 N–H and O–H groups in total. The summed E-state index contributed by atoms with van der Waals surface area (Å²) < 4.78 is 17.0. The largest absolute Gasteiger partial charge is 0.497 e. The van der Waals surface area contributed by atoms with Crippen LogP contribution in [-0.4, -0.2) is 26.2 Å². The minimum absolute atomic E-state index is 0.201. The van der Waals surface area contributed by atoms with E-state index in [1.807, 2.05) is 43.3 Å². The van der Waals surface area contributed by atoms with Crippen LogP contribution >= 0.6 is 15.9 Å². The van der Waals surface area contributed by atoms with Crippen molar-refractivity contribution in [3.05, 3.63) is 52.0 Å². The molecule has 2 rings (SSSR count). The van der Waals surface area contributed by atoms with Crippen LogP contribution in [-0.2, 0) is 17.9 Å². The number of halogens is 1. The van der Waals surface area contributed by atoms with Gasteiger partial charge in [-0.05, 0) is 58.2 Å². The Morgan fingerprint density at radius 3 is 2.42 bits per heavy atom. The van der Waals surface area contributed by atoms with Crippen LogP contribution in [0.1, 0.15) is 18.1 Å². The quantitative estimate of drug-likeness (QED) is 0.614. The fraction of sp³-hybridized carbons (Fsp3) is 0.316. The fourth-order valence-electron chi connectivity index (χ4n) is 2.36. The summed E-state index contributed by atoms with van der Waals surface area (Å²) >= 11 is 3.47. The van der Waals surface area contributed by atoms with Crippen molar-refractivity contribution in [1.29, 1.82) is 0 Å². The molecule has 0 heterocycles. The van der Waals surface area contributed by atoms with E-state index in [0.29, 0.717) is 29.1 Å². The van der Waals surface area contributed by atoms with Gasteiger partial charge in [-0.15, -0.1) is 0 Å². The van der Waals surface area contributed by atoms with Gasteiger partial charge in [0.1, 0.15) is 5.75 Å². The summed E-state index contributed by atoms with van der Waals surface area (Å²) in [4.78, 5) is 11.0. The molecule has 0 saturated heterocycles. The molecule has 2 aromatic rings. The third kappa shape index (κ3) is 5.93. The molecule has 0 atom stereocenters. The topological polar surface area (TPSA) is 82.8 Å². The predicted molar refractivity (Wildman–Crippen MR) is 104 cm³/mol. The average molecular weight is 423 g/mol. The number of ether oxygens (including phenoxy) is 3. The second-order valence-electron chi connectivity index (χ2n) is 5.54. The summed E-state index contributed by atoms with van der Waals surface area (Å²) in [7, 11) is 1.65. The number of benzene rings is 2. The maximum Gasteiger partial charge on any atom is 0.255 e. The molecule has 26 heavy (non-hydrogen) atoms. The Balaban J connectivity index is 2.02. The standard InChI is InChI=1S/C19H23BrN2O4/c1-3-25-17-9-14(8-16(20)19(17)26-12-18(21)23)11-22-10-13-4-6-15(24-2)7-5-13/h4-9,22H,3,10-12H2,1-2H3,(H2,21,23). The molecule has 2 aromatic carbocycles. The van der Waals surface area contributed by atoms with E-state index in [1.165, 1.54) is 0 Å². The summed E-state index contributed by atoms with van der Waals surface area (Å²) in [5, 5.41) is 3.39. The minimum Gasteiger partial charge on any atom is -0.497 e. The summed E-state index contributed by atoms with van der Waals surface area (Å²) in [5.74, 6) is 1.35. The first-order valence-corrected chi connectivity index (χ1v) is 9.02. The molecule has 0 aliphatic rings. The number of primary amides is 1. The first-order chi connectivity index (χ1) is 12.5. The molecule has 0 aliphatic heterocycles. The molecule has 0 spiro atoms. The Morgan fingerprint density at radius 1 is 1.12 bits per heavy atom. The number of nitrogens with one attached hydrogen (secondary N) is 1. The number of hydrogen-bond donors (Lipinski definition) is 2. The van der Waals surface area contributed by atoms with Crippen molar-refractivity contribution in [3.8, 4) is 17.2 Å². The van der Waals surface area contributed by atoms with E-state index >= 15 is 0 Å². The van der Waals surface area contributed by atoms with Crippen molar-refractivity contribution in [2.45, 2.75) is 20.0 Å². The highest BCUT2D eigenvalue weighted by Crippen LogP contribution is 2.37. The molecular weight excluding hydrogens is 400 g/mol. The van der Waals surface area contributed by atoms with Crippen LogP contribution in [0.5, 0.6) is 17.2 Å². The molecule has 0 fully saturated rings. The predicted octanol–water partition coefficient (Wildman–Crippen LogP) is 3.01. The van der Waals surface area contributed by atoms with Gasteiger partial charge in [0, 0.05) is 13.1 Å². The normalized spacial score (nSPS) is 10.4. The third-order valence-corrected chi connectivity index (χ3v) is 4.13. The monoisotopic (exact) mass is 422 g/mol. The number of methoxy groups -OCH3 is 1. The summed E-state index contributed by atoms with van der Waals surface area (Å²) in [6.07, 6.45) is 0. The average Bonchev–Trinajstić information content (AvgIpc) is 2.61. The SMILES string of the molecule is CCOc1cc(CNCc2ccc(OC)cc2)cc(Br)c1OCC(N)=O. The number of nitrogens with two attached hydrogens (primary N) is 1. The van der Waals surface area contributed by atoms with Crippen molar-refractivity contribution < 1.29 is 19.0 Å². The van der Waals surface area contributed by atoms with Crippen molar-refractivity contribution >= 4 is 21.8 Å². The highest BCUT2D eigenvalue weighted by molar-refractivity contribution is 9.10. The zero-order valence-electron chi connectivity index (χ0n) is 14.9. The minimum atomic E-state index is -0.537. The molecule has 0 bridgehead atoms. The Hall–Kier alpha value is -2.25. The van der Waals surface area contributed by atoms with Crippen LogP contribution in [0.25, 0.3) is 0 Å². The van der Waals surface area contributed by atoms with Gasteiger partial charge >= 0.3 is 0 Å². The first-order valence-electron chi connectivity index (χ1n) is 8.23. The van der Waals surface area contributed by atoms with Crippen LogP contribution in [0.15, 0.2) is 40.9 Å². The zero-order valence-corrected chi connectivity index (χ0v) is 16.5. The molecule has 140 valence electrons. The number of rotatable bonds is 10. The van der Waals surface area contributed by atoms with Crippen LogP contribution < -0.4 is 25.3 Å².